The van der Waals surface area contributed by atoms with Crippen molar-refractivity contribution in [2.45, 2.75) is 20.8 Å². The van der Waals surface area contributed by atoms with E-state index >= 15 is 0 Å². The zero-order valence-corrected chi connectivity index (χ0v) is 16.0. The highest BCUT2D eigenvalue weighted by Crippen LogP contribution is 2.26. The van der Waals surface area contributed by atoms with Gasteiger partial charge in [0.2, 0.25) is 5.95 Å². The number of aromatic nitrogens is 3. The van der Waals surface area contributed by atoms with E-state index in [1.807, 2.05) is 43.3 Å². The van der Waals surface area contributed by atoms with Crippen molar-refractivity contribution < 1.29 is 4.52 Å². The van der Waals surface area contributed by atoms with E-state index in [2.05, 4.69) is 57.8 Å². The van der Waals surface area contributed by atoms with Crippen molar-refractivity contribution in [3.8, 4) is 11.3 Å². The second kappa shape index (κ2) is 7.52. The first-order valence-corrected chi connectivity index (χ1v) is 9.06. The second-order valence-electron chi connectivity index (χ2n) is 6.72. The molecule has 0 radical (unpaired) electrons. The average molecular weight is 371 g/mol. The fourth-order valence-corrected chi connectivity index (χ4v) is 2.87. The highest BCUT2D eigenvalue weighted by atomic mass is 16.5. The van der Waals surface area contributed by atoms with Gasteiger partial charge in [0.25, 0.3) is 0 Å². The molecule has 2 heterocycles. The standard InChI is InChI=1S/C22H21N5O/c1-14-9-10-15(2)18(11-14)23-20-13-19(17-7-5-4-6-8-17)24-22(25-20)26-21-12-16(3)28-27-21/h4-13H,1-3H3,(H2,23,24,25,26,27). The summed E-state index contributed by atoms with van der Waals surface area (Å²) in [5.41, 5.74) is 5.16. The van der Waals surface area contributed by atoms with Crippen LogP contribution < -0.4 is 10.6 Å². The summed E-state index contributed by atoms with van der Waals surface area (Å²) in [6.45, 7) is 5.98. The van der Waals surface area contributed by atoms with Crippen LogP contribution in [0.15, 0.2) is 65.2 Å². The highest BCUT2D eigenvalue weighted by Gasteiger charge is 2.10. The van der Waals surface area contributed by atoms with Gasteiger partial charge >= 0.3 is 0 Å². The van der Waals surface area contributed by atoms with Gasteiger partial charge in [0.05, 0.1) is 5.69 Å². The maximum absolute atomic E-state index is 5.12. The van der Waals surface area contributed by atoms with E-state index < -0.39 is 0 Å². The summed E-state index contributed by atoms with van der Waals surface area (Å²) in [5, 5.41) is 10.5. The number of nitrogens with zero attached hydrogens (tertiary/aromatic N) is 3. The summed E-state index contributed by atoms with van der Waals surface area (Å²) in [5.74, 6) is 2.43. The zero-order valence-electron chi connectivity index (χ0n) is 16.0. The smallest absolute Gasteiger partial charge is 0.231 e. The molecule has 0 atom stereocenters. The number of nitrogens with one attached hydrogen (secondary N) is 2. The summed E-state index contributed by atoms with van der Waals surface area (Å²) < 4.78 is 5.12. The summed E-state index contributed by atoms with van der Waals surface area (Å²) in [4.78, 5) is 9.26. The summed E-state index contributed by atoms with van der Waals surface area (Å²) in [6.07, 6.45) is 0. The minimum atomic E-state index is 0.447. The van der Waals surface area contributed by atoms with Crippen molar-refractivity contribution >= 4 is 23.3 Å². The first-order chi connectivity index (χ1) is 13.6. The molecule has 140 valence electrons. The lowest BCUT2D eigenvalue weighted by molar-refractivity contribution is 0.400. The molecule has 0 amide bonds. The highest BCUT2D eigenvalue weighted by molar-refractivity contribution is 5.69. The van der Waals surface area contributed by atoms with Gasteiger partial charge in [0.1, 0.15) is 11.6 Å². The summed E-state index contributed by atoms with van der Waals surface area (Å²) in [7, 11) is 0. The maximum Gasteiger partial charge on any atom is 0.231 e. The SMILES string of the molecule is Cc1ccc(C)c(Nc2cc(-c3ccccc3)nc(Nc3cc(C)on3)n2)c1. The van der Waals surface area contributed by atoms with E-state index in [-0.39, 0.29) is 0 Å². The molecular weight excluding hydrogens is 350 g/mol. The molecule has 4 aromatic rings. The van der Waals surface area contributed by atoms with Gasteiger partial charge in [0, 0.05) is 23.4 Å². The molecule has 0 fully saturated rings. The van der Waals surface area contributed by atoms with Gasteiger partial charge in [0.15, 0.2) is 5.82 Å². The molecule has 0 unspecified atom stereocenters. The molecule has 0 aliphatic carbocycles. The number of rotatable bonds is 5. The fourth-order valence-electron chi connectivity index (χ4n) is 2.87. The molecular formula is C22H21N5O. The number of anilines is 4. The topological polar surface area (TPSA) is 75.9 Å². The average Bonchev–Trinajstić information content (AvgIpc) is 3.10. The first-order valence-electron chi connectivity index (χ1n) is 9.06. The lowest BCUT2D eigenvalue weighted by Crippen LogP contribution is -2.03. The van der Waals surface area contributed by atoms with E-state index in [1.54, 1.807) is 6.07 Å². The fraction of sp³-hybridized carbons (Fsp3) is 0.136. The third kappa shape index (κ3) is 4.01. The van der Waals surface area contributed by atoms with E-state index in [1.165, 1.54) is 5.56 Å². The van der Waals surface area contributed by atoms with E-state index in [4.69, 9.17) is 4.52 Å². The Hall–Kier alpha value is -3.67. The number of benzene rings is 2. The molecule has 0 spiro atoms. The van der Waals surface area contributed by atoms with Crippen LogP contribution in [0.2, 0.25) is 0 Å². The maximum atomic E-state index is 5.12. The predicted molar refractivity (Wildman–Crippen MR) is 111 cm³/mol. The molecule has 0 saturated heterocycles. The van der Waals surface area contributed by atoms with Crippen LogP contribution in [-0.4, -0.2) is 15.1 Å². The molecule has 2 N–H and O–H groups in total. The Morgan fingerprint density at radius 1 is 0.786 bits per heavy atom. The van der Waals surface area contributed by atoms with Gasteiger partial charge in [-0.3, -0.25) is 0 Å². The Bertz CT molecular complexity index is 1110. The summed E-state index contributed by atoms with van der Waals surface area (Å²) in [6, 6.07) is 20.0. The molecule has 2 aromatic carbocycles. The van der Waals surface area contributed by atoms with E-state index in [9.17, 15) is 0 Å². The lowest BCUT2D eigenvalue weighted by atomic mass is 10.1. The normalized spacial score (nSPS) is 10.7. The van der Waals surface area contributed by atoms with Gasteiger partial charge in [-0.25, -0.2) is 4.98 Å². The van der Waals surface area contributed by atoms with Crippen molar-refractivity contribution in [1.29, 1.82) is 0 Å². The van der Waals surface area contributed by atoms with Crippen LogP contribution in [0.3, 0.4) is 0 Å². The van der Waals surface area contributed by atoms with Gasteiger partial charge in [-0.2, -0.15) is 4.98 Å². The van der Waals surface area contributed by atoms with Crippen molar-refractivity contribution in [2.24, 2.45) is 0 Å². The predicted octanol–water partition coefficient (Wildman–Crippen LogP) is 5.54. The van der Waals surface area contributed by atoms with Crippen molar-refractivity contribution in [2.75, 3.05) is 10.6 Å². The molecule has 6 nitrogen and oxygen atoms in total. The second-order valence-corrected chi connectivity index (χ2v) is 6.72. The zero-order chi connectivity index (χ0) is 19.5. The lowest BCUT2D eigenvalue weighted by Gasteiger charge is -2.13. The van der Waals surface area contributed by atoms with Crippen LogP contribution in [-0.2, 0) is 0 Å². The number of hydrogen-bond acceptors (Lipinski definition) is 6. The quantitative estimate of drug-likeness (QED) is 0.479. The van der Waals surface area contributed by atoms with E-state index in [0.717, 1.165) is 28.3 Å². The monoisotopic (exact) mass is 371 g/mol. The number of aryl methyl sites for hydroxylation is 3. The minimum absolute atomic E-state index is 0.447. The largest absolute Gasteiger partial charge is 0.360 e. The molecule has 4 rings (SSSR count). The van der Waals surface area contributed by atoms with Crippen LogP contribution in [0.25, 0.3) is 11.3 Å². The van der Waals surface area contributed by atoms with Gasteiger partial charge in [-0.15, -0.1) is 0 Å². The Kier molecular flexibility index (Phi) is 4.76. The van der Waals surface area contributed by atoms with Crippen LogP contribution in [0, 0.1) is 20.8 Å². The minimum Gasteiger partial charge on any atom is -0.360 e. The number of hydrogen-bond donors (Lipinski definition) is 2. The Balaban J connectivity index is 1.74. The molecule has 6 heteroatoms. The van der Waals surface area contributed by atoms with Gasteiger partial charge in [-0.1, -0.05) is 47.6 Å². The van der Waals surface area contributed by atoms with E-state index in [0.29, 0.717) is 17.6 Å². The molecule has 0 aliphatic heterocycles. The van der Waals surface area contributed by atoms with Crippen LogP contribution in [0.4, 0.5) is 23.3 Å². The van der Waals surface area contributed by atoms with Crippen molar-refractivity contribution in [3.05, 3.63) is 77.6 Å². The van der Waals surface area contributed by atoms with Crippen molar-refractivity contribution in [1.82, 2.24) is 15.1 Å². The Morgan fingerprint density at radius 2 is 1.61 bits per heavy atom. The molecule has 0 saturated carbocycles. The van der Waals surface area contributed by atoms with Crippen LogP contribution in [0.5, 0.6) is 0 Å². The van der Waals surface area contributed by atoms with Crippen molar-refractivity contribution in [3.63, 3.8) is 0 Å². The molecule has 2 aromatic heterocycles. The molecule has 0 bridgehead atoms. The third-order valence-corrected chi connectivity index (χ3v) is 4.32. The molecule has 0 aliphatic rings. The van der Waals surface area contributed by atoms with Crippen LogP contribution in [0.1, 0.15) is 16.9 Å². The van der Waals surface area contributed by atoms with Gasteiger partial charge < -0.3 is 15.2 Å². The Labute approximate surface area is 163 Å². The summed E-state index contributed by atoms with van der Waals surface area (Å²) >= 11 is 0. The van der Waals surface area contributed by atoms with Crippen LogP contribution >= 0.6 is 0 Å². The third-order valence-electron chi connectivity index (χ3n) is 4.32. The molecule has 28 heavy (non-hydrogen) atoms. The first kappa shape index (κ1) is 17.7. The Morgan fingerprint density at radius 3 is 2.36 bits per heavy atom. The van der Waals surface area contributed by atoms with Gasteiger partial charge in [-0.05, 0) is 38.0 Å².